The molecule has 174 valence electrons. The summed E-state index contributed by atoms with van der Waals surface area (Å²) in [6.45, 7) is 3.02. The lowest BCUT2D eigenvalue weighted by molar-refractivity contribution is -0.139. The van der Waals surface area contributed by atoms with E-state index < -0.39 is 17.7 Å². The number of ketones is 1. The van der Waals surface area contributed by atoms with Gasteiger partial charge in [0, 0.05) is 41.9 Å². The summed E-state index contributed by atoms with van der Waals surface area (Å²) in [6.07, 6.45) is 6.72. The molecular formula is C26H24BrN3O4. The quantitative estimate of drug-likeness (QED) is 0.293. The molecule has 2 atom stereocenters. The van der Waals surface area contributed by atoms with Crippen LogP contribution in [-0.4, -0.2) is 43.9 Å². The van der Waals surface area contributed by atoms with Gasteiger partial charge in [0.05, 0.1) is 17.9 Å². The number of imidazole rings is 1. The summed E-state index contributed by atoms with van der Waals surface area (Å²) in [5.41, 5.74) is 2.35. The van der Waals surface area contributed by atoms with E-state index in [1.165, 1.54) is 0 Å². The lowest BCUT2D eigenvalue weighted by Gasteiger charge is -2.25. The Morgan fingerprint density at radius 1 is 1.21 bits per heavy atom. The van der Waals surface area contributed by atoms with Crippen molar-refractivity contribution in [2.24, 2.45) is 0 Å². The zero-order valence-electron chi connectivity index (χ0n) is 18.6. The lowest BCUT2D eigenvalue weighted by atomic mass is 9.94. The number of ether oxygens (including phenoxy) is 1. The van der Waals surface area contributed by atoms with Crippen LogP contribution in [0.2, 0.25) is 0 Å². The molecular weight excluding hydrogens is 498 g/mol. The van der Waals surface area contributed by atoms with Crippen molar-refractivity contribution in [2.75, 3.05) is 6.54 Å². The van der Waals surface area contributed by atoms with Crippen molar-refractivity contribution in [1.82, 2.24) is 14.5 Å². The Morgan fingerprint density at radius 2 is 2.06 bits per heavy atom. The first-order chi connectivity index (χ1) is 16.4. The second-order valence-electron chi connectivity index (χ2n) is 8.66. The number of aliphatic hydroxyl groups excluding tert-OH is 1. The van der Waals surface area contributed by atoms with Crippen LogP contribution in [0.4, 0.5) is 0 Å². The first-order valence-corrected chi connectivity index (χ1v) is 12.0. The molecule has 1 fully saturated rings. The van der Waals surface area contributed by atoms with Gasteiger partial charge in [-0.3, -0.25) is 9.59 Å². The molecule has 1 amide bonds. The average Bonchev–Trinajstić information content (AvgIpc) is 3.52. The van der Waals surface area contributed by atoms with Crippen molar-refractivity contribution < 1.29 is 19.4 Å². The molecule has 5 rings (SSSR count). The Hall–Kier alpha value is -3.39. The number of hydrogen-bond acceptors (Lipinski definition) is 5. The van der Waals surface area contributed by atoms with Gasteiger partial charge in [0.1, 0.15) is 17.6 Å². The normalized spacial score (nSPS) is 21.1. The molecule has 0 saturated carbocycles. The average molecular weight is 522 g/mol. The van der Waals surface area contributed by atoms with Crippen LogP contribution < -0.4 is 4.74 Å². The fourth-order valence-electron chi connectivity index (χ4n) is 4.70. The SMILES string of the molecule is C[C@H]1Cc2cc(/C(O)=C3\C(=O)C(=O)N(CCCn4ccnc4)[C@H]3c3cccc(Br)c3)ccc2O1. The second-order valence-corrected chi connectivity index (χ2v) is 9.57. The second kappa shape index (κ2) is 9.10. The monoisotopic (exact) mass is 521 g/mol. The maximum Gasteiger partial charge on any atom is 0.295 e. The van der Waals surface area contributed by atoms with Crippen LogP contribution >= 0.6 is 15.9 Å². The van der Waals surface area contributed by atoms with E-state index in [1.807, 2.05) is 54.1 Å². The molecule has 1 saturated heterocycles. The summed E-state index contributed by atoms with van der Waals surface area (Å²) in [7, 11) is 0. The number of halogens is 1. The molecule has 1 aromatic heterocycles. The standard InChI is InChI=1S/C26H24BrN3O4/c1-16-12-19-13-18(6-7-21(19)34-16)24(31)22-23(17-4-2-5-20(27)14-17)30(26(33)25(22)32)10-3-9-29-11-8-28-15-29/h2,4-8,11,13-16,23,31H,3,9-10,12H2,1H3/b24-22+/t16-,23-/m0/s1. The van der Waals surface area contributed by atoms with Crippen molar-refractivity contribution >= 4 is 33.4 Å². The van der Waals surface area contributed by atoms with Gasteiger partial charge < -0.3 is 19.3 Å². The maximum atomic E-state index is 13.2. The minimum Gasteiger partial charge on any atom is -0.507 e. The Kier molecular flexibility index (Phi) is 6.00. The van der Waals surface area contributed by atoms with E-state index in [0.717, 1.165) is 27.8 Å². The number of aryl methyl sites for hydroxylation is 1. The third kappa shape index (κ3) is 4.14. The van der Waals surface area contributed by atoms with Crippen molar-refractivity contribution in [1.29, 1.82) is 0 Å². The summed E-state index contributed by atoms with van der Waals surface area (Å²) in [4.78, 5) is 31.9. The number of aromatic nitrogens is 2. The Morgan fingerprint density at radius 3 is 2.82 bits per heavy atom. The first kappa shape index (κ1) is 22.4. The van der Waals surface area contributed by atoms with Gasteiger partial charge in [-0.25, -0.2) is 4.98 Å². The highest BCUT2D eigenvalue weighted by Crippen LogP contribution is 2.41. The molecule has 3 heterocycles. The van der Waals surface area contributed by atoms with E-state index in [1.54, 1.807) is 23.5 Å². The summed E-state index contributed by atoms with van der Waals surface area (Å²) >= 11 is 3.49. The van der Waals surface area contributed by atoms with Gasteiger partial charge in [0.2, 0.25) is 0 Å². The lowest BCUT2D eigenvalue weighted by Crippen LogP contribution is -2.31. The van der Waals surface area contributed by atoms with Crippen LogP contribution in [0.3, 0.4) is 0 Å². The molecule has 34 heavy (non-hydrogen) atoms. The summed E-state index contributed by atoms with van der Waals surface area (Å²) in [6, 6.07) is 12.2. The summed E-state index contributed by atoms with van der Waals surface area (Å²) < 4.78 is 8.52. The molecule has 0 aliphatic carbocycles. The smallest absolute Gasteiger partial charge is 0.295 e. The highest BCUT2D eigenvalue weighted by Gasteiger charge is 2.45. The van der Waals surface area contributed by atoms with Gasteiger partial charge in [0.25, 0.3) is 11.7 Å². The third-order valence-electron chi connectivity index (χ3n) is 6.25. The van der Waals surface area contributed by atoms with Gasteiger partial charge in [-0.05, 0) is 54.8 Å². The van der Waals surface area contributed by atoms with Crippen molar-refractivity contribution in [3.8, 4) is 5.75 Å². The number of benzene rings is 2. The fourth-order valence-corrected chi connectivity index (χ4v) is 5.12. The third-order valence-corrected chi connectivity index (χ3v) is 6.74. The van der Waals surface area contributed by atoms with Crippen LogP contribution in [0.5, 0.6) is 5.75 Å². The number of likely N-dealkylation sites (tertiary alicyclic amines) is 1. The minimum atomic E-state index is -0.677. The molecule has 0 bridgehead atoms. The van der Waals surface area contributed by atoms with Crippen LogP contribution in [-0.2, 0) is 22.6 Å². The number of fused-ring (bicyclic) bond motifs is 1. The highest BCUT2D eigenvalue weighted by atomic mass is 79.9. The van der Waals surface area contributed by atoms with E-state index in [9.17, 15) is 14.7 Å². The van der Waals surface area contributed by atoms with E-state index in [2.05, 4.69) is 20.9 Å². The Balaban J connectivity index is 1.53. The fraction of sp³-hybridized carbons (Fsp3) is 0.269. The number of hydrogen-bond donors (Lipinski definition) is 1. The molecule has 2 aromatic carbocycles. The van der Waals surface area contributed by atoms with Gasteiger partial charge in [-0.1, -0.05) is 28.1 Å². The number of aliphatic hydroxyl groups is 1. The van der Waals surface area contributed by atoms with Crippen LogP contribution in [0.25, 0.3) is 5.76 Å². The number of carbonyl (C=O) groups is 2. The van der Waals surface area contributed by atoms with Gasteiger partial charge in [-0.2, -0.15) is 0 Å². The zero-order valence-corrected chi connectivity index (χ0v) is 20.2. The Bertz CT molecular complexity index is 1280. The number of nitrogens with zero attached hydrogens (tertiary/aromatic N) is 3. The van der Waals surface area contributed by atoms with E-state index in [4.69, 9.17) is 4.74 Å². The minimum absolute atomic E-state index is 0.0649. The van der Waals surface area contributed by atoms with Gasteiger partial charge in [-0.15, -0.1) is 0 Å². The molecule has 0 spiro atoms. The van der Waals surface area contributed by atoms with Crippen molar-refractivity contribution in [3.63, 3.8) is 0 Å². The van der Waals surface area contributed by atoms with Crippen molar-refractivity contribution in [2.45, 2.75) is 38.5 Å². The van der Waals surface area contributed by atoms with Crippen molar-refractivity contribution in [3.05, 3.63) is 87.9 Å². The van der Waals surface area contributed by atoms with Crippen LogP contribution in [0.15, 0.2) is 71.2 Å². The molecule has 3 aromatic rings. The van der Waals surface area contributed by atoms with E-state index in [0.29, 0.717) is 25.1 Å². The largest absolute Gasteiger partial charge is 0.507 e. The van der Waals surface area contributed by atoms with E-state index >= 15 is 0 Å². The molecule has 2 aliphatic heterocycles. The molecule has 0 radical (unpaired) electrons. The van der Waals surface area contributed by atoms with Crippen LogP contribution in [0.1, 0.15) is 36.1 Å². The predicted octanol–water partition coefficient (Wildman–Crippen LogP) is 4.48. The maximum absolute atomic E-state index is 13.2. The molecule has 0 unspecified atom stereocenters. The van der Waals surface area contributed by atoms with Gasteiger partial charge >= 0.3 is 0 Å². The number of carbonyl (C=O) groups excluding carboxylic acids is 2. The van der Waals surface area contributed by atoms with E-state index in [-0.39, 0.29) is 17.4 Å². The predicted molar refractivity (Wildman–Crippen MR) is 130 cm³/mol. The molecule has 2 aliphatic rings. The van der Waals surface area contributed by atoms with Crippen LogP contribution in [0, 0.1) is 0 Å². The van der Waals surface area contributed by atoms with Gasteiger partial charge in [0.15, 0.2) is 0 Å². The first-order valence-electron chi connectivity index (χ1n) is 11.2. The number of Topliss-reactive ketones (excluding diaryl/α,β-unsaturated/α-hetero) is 1. The summed E-state index contributed by atoms with van der Waals surface area (Å²) in [5, 5.41) is 11.3. The topological polar surface area (TPSA) is 84.7 Å². The molecule has 7 nitrogen and oxygen atoms in total. The number of amides is 1. The zero-order chi connectivity index (χ0) is 23.8. The molecule has 8 heteroatoms. The summed E-state index contributed by atoms with van der Waals surface area (Å²) in [5.74, 6) is -0.652. The Labute approximate surface area is 205 Å². The highest BCUT2D eigenvalue weighted by molar-refractivity contribution is 9.10. The number of rotatable bonds is 6. The molecule has 1 N–H and O–H groups in total.